The van der Waals surface area contributed by atoms with Gasteiger partial charge in [0.1, 0.15) is 5.82 Å². The Hall–Kier alpha value is -1.59. The van der Waals surface area contributed by atoms with Gasteiger partial charge in [0.2, 0.25) is 5.82 Å². The number of carbonyl (C=O) groups excluding carboxylic acids is 1. The first-order valence-electron chi connectivity index (χ1n) is 6.61. The van der Waals surface area contributed by atoms with Crippen LogP contribution in [0.3, 0.4) is 0 Å². The summed E-state index contributed by atoms with van der Waals surface area (Å²) in [5.74, 6) is 0.652. The number of halogens is 2. The van der Waals surface area contributed by atoms with Crippen molar-refractivity contribution in [1.29, 1.82) is 0 Å². The molecule has 0 bridgehead atoms. The van der Waals surface area contributed by atoms with Crippen molar-refractivity contribution in [2.45, 2.75) is 26.3 Å². The van der Waals surface area contributed by atoms with E-state index in [2.05, 4.69) is 15.2 Å². The molecule has 0 saturated heterocycles. The summed E-state index contributed by atoms with van der Waals surface area (Å²) in [5, 5.41) is 7.81. The molecule has 21 heavy (non-hydrogen) atoms. The minimum Gasteiger partial charge on any atom is -0.335 e. The predicted molar refractivity (Wildman–Crippen MR) is 82.6 cm³/mol. The molecule has 0 radical (unpaired) electrons. The van der Waals surface area contributed by atoms with Crippen LogP contribution in [0, 0.1) is 0 Å². The van der Waals surface area contributed by atoms with Crippen LogP contribution < -0.4 is 0 Å². The quantitative estimate of drug-likeness (QED) is 0.916. The van der Waals surface area contributed by atoms with Gasteiger partial charge in [0, 0.05) is 30.1 Å². The second kappa shape index (κ2) is 6.91. The average molecular weight is 327 g/mol. The molecule has 0 aliphatic heterocycles. The SMILES string of the molecule is CCCc1nc(C(=O)N(C)Cc2cc(Cl)cc(Cl)c2)n[nH]1. The summed E-state index contributed by atoms with van der Waals surface area (Å²) in [6.07, 6.45) is 1.72. The number of hydrogen-bond acceptors (Lipinski definition) is 3. The predicted octanol–water partition coefficient (Wildman–Crippen LogP) is 3.34. The van der Waals surface area contributed by atoms with Crippen molar-refractivity contribution in [2.75, 3.05) is 7.05 Å². The molecule has 5 nitrogen and oxygen atoms in total. The minimum absolute atomic E-state index is 0.175. The van der Waals surface area contributed by atoms with Crippen LogP contribution >= 0.6 is 23.2 Å². The molecular weight excluding hydrogens is 311 g/mol. The van der Waals surface area contributed by atoms with E-state index in [-0.39, 0.29) is 11.7 Å². The minimum atomic E-state index is -0.246. The molecule has 7 heteroatoms. The van der Waals surface area contributed by atoms with Gasteiger partial charge in [0.15, 0.2) is 0 Å². The smallest absolute Gasteiger partial charge is 0.293 e. The fraction of sp³-hybridized carbons (Fsp3) is 0.357. The number of carbonyl (C=O) groups is 1. The first-order valence-corrected chi connectivity index (χ1v) is 7.37. The Kier molecular flexibility index (Phi) is 5.20. The topological polar surface area (TPSA) is 61.9 Å². The lowest BCUT2D eigenvalue weighted by Crippen LogP contribution is -2.27. The Bertz CT molecular complexity index is 621. The maximum Gasteiger partial charge on any atom is 0.293 e. The number of aryl methyl sites for hydroxylation is 1. The van der Waals surface area contributed by atoms with Gasteiger partial charge in [-0.15, -0.1) is 5.10 Å². The first-order chi connectivity index (χ1) is 9.99. The van der Waals surface area contributed by atoms with Gasteiger partial charge in [0.05, 0.1) is 0 Å². The van der Waals surface area contributed by atoms with E-state index >= 15 is 0 Å². The lowest BCUT2D eigenvalue weighted by atomic mass is 10.2. The molecule has 1 aromatic carbocycles. The average Bonchev–Trinajstić information content (AvgIpc) is 2.85. The maximum absolute atomic E-state index is 12.3. The molecule has 112 valence electrons. The van der Waals surface area contributed by atoms with E-state index in [0.717, 1.165) is 24.2 Å². The number of benzene rings is 1. The van der Waals surface area contributed by atoms with Crippen LogP contribution in [-0.2, 0) is 13.0 Å². The molecule has 0 fully saturated rings. The van der Waals surface area contributed by atoms with E-state index in [9.17, 15) is 4.79 Å². The normalized spacial score (nSPS) is 10.7. The van der Waals surface area contributed by atoms with E-state index in [1.807, 2.05) is 6.92 Å². The summed E-state index contributed by atoms with van der Waals surface area (Å²) in [4.78, 5) is 18.0. The molecule has 0 aliphatic rings. The molecule has 1 N–H and O–H groups in total. The second-order valence-corrected chi connectivity index (χ2v) is 5.67. The molecule has 1 amide bonds. The molecular formula is C14H16Cl2N4O. The van der Waals surface area contributed by atoms with Crippen molar-refractivity contribution in [3.8, 4) is 0 Å². The summed E-state index contributed by atoms with van der Waals surface area (Å²) in [6, 6.07) is 5.20. The number of hydrogen-bond donors (Lipinski definition) is 1. The van der Waals surface area contributed by atoms with Gasteiger partial charge in [-0.25, -0.2) is 4.98 Å². The van der Waals surface area contributed by atoms with E-state index in [1.54, 1.807) is 25.2 Å². The van der Waals surface area contributed by atoms with Gasteiger partial charge in [-0.05, 0) is 30.2 Å². The van der Waals surface area contributed by atoms with Crippen LogP contribution in [-0.4, -0.2) is 33.0 Å². The highest BCUT2D eigenvalue weighted by atomic mass is 35.5. The third kappa shape index (κ3) is 4.19. The molecule has 1 aromatic heterocycles. The summed E-state index contributed by atoms with van der Waals surface area (Å²) in [7, 11) is 1.69. The highest BCUT2D eigenvalue weighted by Crippen LogP contribution is 2.20. The largest absolute Gasteiger partial charge is 0.335 e. The Morgan fingerprint density at radius 2 is 1.95 bits per heavy atom. The van der Waals surface area contributed by atoms with Crippen molar-refractivity contribution in [2.24, 2.45) is 0 Å². The van der Waals surface area contributed by atoms with Crippen LogP contribution in [0.5, 0.6) is 0 Å². The van der Waals surface area contributed by atoms with Crippen molar-refractivity contribution >= 4 is 29.1 Å². The van der Waals surface area contributed by atoms with Crippen molar-refractivity contribution in [1.82, 2.24) is 20.1 Å². The maximum atomic E-state index is 12.3. The molecule has 0 unspecified atom stereocenters. The number of nitrogens with one attached hydrogen (secondary N) is 1. The fourth-order valence-corrected chi connectivity index (χ4v) is 2.53. The van der Waals surface area contributed by atoms with Gasteiger partial charge >= 0.3 is 0 Å². The molecule has 0 spiro atoms. The van der Waals surface area contributed by atoms with Crippen molar-refractivity contribution in [3.63, 3.8) is 0 Å². The molecule has 0 aliphatic carbocycles. The third-order valence-electron chi connectivity index (χ3n) is 2.90. The zero-order valence-electron chi connectivity index (χ0n) is 11.9. The summed E-state index contributed by atoms with van der Waals surface area (Å²) < 4.78 is 0. The second-order valence-electron chi connectivity index (χ2n) is 4.79. The van der Waals surface area contributed by atoms with Crippen LogP contribution in [0.1, 0.15) is 35.4 Å². The van der Waals surface area contributed by atoms with Gasteiger partial charge < -0.3 is 4.90 Å². The van der Waals surface area contributed by atoms with Crippen LogP contribution in [0.15, 0.2) is 18.2 Å². The van der Waals surface area contributed by atoms with Crippen LogP contribution in [0.4, 0.5) is 0 Å². The molecule has 0 atom stereocenters. The lowest BCUT2D eigenvalue weighted by Gasteiger charge is -2.15. The number of aromatic amines is 1. The van der Waals surface area contributed by atoms with Gasteiger partial charge in [-0.2, -0.15) is 0 Å². The van der Waals surface area contributed by atoms with Gasteiger partial charge in [-0.3, -0.25) is 9.89 Å². The number of amides is 1. The molecule has 0 saturated carbocycles. The summed E-state index contributed by atoms with van der Waals surface area (Å²) in [5.41, 5.74) is 0.854. The number of H-pyrrole nitrogens is 1. The molecule has 1 heterocycles. The highest BCUT2D eigenvalue weighted by molar-refractivity contribution is 6.34. The third-order valence-corrected chi connectivity index (χ3v) is 3.34. The standard InChI is InChI=1S/C14H16Cl2N4O/c1-3-4-12-17-13(19-18-12)14(21)20(2)8-9-5-10(15)7-11(16)6-9/h5-7H,3-4,8H2,1-2H3,(H,17,18,19). The van der Waals surface area contributed by atoms with E-state index in [4.69, 9.17) is 23.2 Å². The Morgan fingerprint density at radius 1 is 1.29 bits per heavy atom. The molecule has 2 rings (SSSR count). The van der Waals surface area contributed by atoms with Crippen LogP contribution in [0.25, 0.3) is 0 Å². The van der Waals surface area contributed by atoms with Crippen molar-refractivity contribution < 1.29 is 4.79 Å². The van der Waals surface area contributed by atoms with E-state index in [0.29, 0.717) is 16.6 Å². The van der Waals surface area contributed by atoms with E-state index in [1.165, 1.54) is 4.90 Å². The first kappa shape index (κ1) is 15.8. The number of aromatic nitrogens is 3. The number of nitrogens with zero attached hydrogens (tertiary/aromatic N) is 3. The Labute approximate surface area is 133 Å². The van der Waals surface area contributed by atoms with Gasteiger partial charge in [0.25, 0.3) is 5.91 Å². The Balaban J connectivity index is 2.07. The molecule has 2 aromatic rings. The van der Waals surface area contributed by atoms with Crippen molar-refractivity contribution in [3.05, 3.63) is 45.5 Å². The van der Waals surface area contributed by atoms with E-state index < -0.39 is 0 Å². The zero-order chi connectivity index (χ0) is 15.4. The fourth-order valence-electron chi connectivity index (χ4n) is 1.96. The lowest BCUT2D eigenvalue weighted by molar-refractivity contribution is 0.0773. The summed E-state index contributed by atoms with van der Waals surface area (Å²) >= 11 is 11.9. The number of rotatable bonds is 5. The summed E-state index contributed by atoms with van der Waals surface area (Å²) in [6.45, 7) is 2.43. The Morgan fingerprint density at radius 3 is 2.57 bits per heavy atom. The van der Waals surface area contributed by atoms with Crippen LogP contribution in [0.2, 0.25) is 10.0 Å². The highest BCUT2D eigenvalue weighted by Gasteiger charge is 2.17. The van der Waals surface area contributed by atoms with Gasteiger partial charge in [-0.1, -0.05) is 30.1 Å². The monoisotopic (exact) mass is 326 g/mol. The zero-order valence-corrected chi connectivity index (χ0v) is 13.4.